The van der Waals surface area contributed by atoms with Crippen molar-refractivity contribution in [2.45, 2.75) is 12.8 Å². The highest BCUT2D eigenvalue weighted by Crippen LogP contribution is 2.16. The normalized spacial score (nSPS) is 10.3. The van der Waals surface area contributed by atoms with Crippen LogP contribution in [-0.2, 0) is 6.42 Å². The van der Waals surface area contributed by atoms with E-state index in [0.717, 1.165) is 36.8 Å². The molecule has 0 amide bonds. The summed E-state index contributed by atoms with van der Waals surface area (Å²) >= 11 is 0. The summed E-state index contributed by atoms with van der Waals surface area (Å²) in [6.07, 6.45) is 5.04. The fraction of sp³-hybridized carbons (Fsp3) is 0.500. The molecule has 0 atom stereocenters. The van der Waals surface area contributed by atoms with Crippen molar-refractivity contribution in [2.75, 3.05) is 30.9 Å². The number of tetrazole rings is 1. The molecule has 96 valence electrons. The molecule has 0 aromatic carbocycles. The van der Waals surface area contributed by atoms with Gasteiger partial charge in [0.2, 0.25) is 0 Å². The molecule has 8 nitrogen and oxygen atoms in total. The Morgan fingerprint density at radius 3 is 2.83 bits per heavy atom. The quantitative estimate of drug-likeness (QED) is 0.700. The van der Waals surface area contributed by atoms with Crippen LogP contribution in [0.2, 0.25) is 0 Å². The van der Waals surface area contributed by atoms with Gasteiger partial charge in [-0.05, 0) is 6.42 Å². The lowest BCUT2D eigenvalue weighted by Gasteiger charge is -2.15. The van der Waals surface area contributed by atoms with E-state index in [2.05, 4.69) is 35.9 Å². The minimum atomic E-state index is 0.726. The highest BCUT2D eigenvalue weighted by Gasteiger charge is 2.06. The second kappa shape index (κ2) is 5.89. The second-order valence-electron chi connectivity index (χ2n) is 3.98. The Hall–Kier alpha value is -2.25. The van der Waals surface area contributed by atoms with Gasteiger partial charge < -0.3 is 10.2 Å². The number of hydrogen-bond donors (Lipinski definition) is 2. The number of anilines is 2. The van der Waals surface area contributed by atoms with Crippen molar-refractivity contribution in [3.8, 4) is 0 Å². The Morgan fingerprint density at radius 1 is 1.28 bits per heavy atom. The average molecular weight is 248 g/mol. The van der Waals surface area contributed by atoms with Crippen LogP contribution in [-0.4, -0.2) is 51.2 Å². The van der Waals surface area contributed by atoms with E-state index < -0.39 is 0 Å². The molecule has 18 heavy (non-hydrogen) atoms. The van der Waals surface area contributed by atoms with E-state index in [1.807, 2.05) is 19.0 Å². The first-order chi connectivity index (χ1) is 8.77. The van der Waals surface area contributed by atoms with Crippen molar-refractivity contribution < 1.29 is 0 Å². The summed E-state index contributed by atoms with van der Waals surface area (Å²) in [6, 6.07) is 0. The van der Waals surface area contributed by atoms with E-state index in [-0.39, 0.29) is 0 Å². The molecule has 0 radical (unpaired) electrons. The highest BCUT2D eigenvalue weighted by molar-refractivity contribution is 5.59. The molecule has 0 spiro atoms. The minimum absolute atomic E-state index is 0.726. The molecule has 0 saturated heterocycles. The van der Waals surface area contributed by atoms with Gasteiger partial charge >= 0.3 is 0 Å². The zero-order valence-corrected chi connectivity index (χ0v) is 10.5. The minimum Gasteiger partial charge on any atom is -0.367 e. The summed E-state index contributed by atoms with van der Waals surface area (Å²) < 4.78 is 0. The van der Waals surface area contributed by atoms with Crippen molar-refractivity contribution in [3.63, 3.8) is 0 Å². The van der Waals surface area contributed by atoms with Gasteiger partial charge in [-0.25, -0.2) is 9.97 Å². The predicted octanol–water partition coefficient (Wildman–Crippen LogP) is 0.100. The molecule has 2 rings (SSSR count). The SMILES string of the molecule is CN(C)c1nccnc1NCCCc1nn[nH]n1. The van der Waals surface area contributed by atoms with Gasteiger partial charge in [0.1, 0.15) is 0 Å². The summed E-state index contributed by atoms with van der Waals surface area (Å²) in [5.74, 6) is 2.34. The summed E-state index contributed by atoms with van der Waals surface area (Å²) in [6.45, 7) is 0.786. The number of aromatic amines is 1. The summed E-state index contributed by atoms with van der Waals surface area (Å²) in [4.78, 5) is 10.5. The summed E-state index contributed by atoms with van der Waals surface area (Å²) in [7, 11) is 3.88. The predicted molar refractivity (Wildman–Crippen MR) is 67.3 cm³/mol. The van der Waals surface area contributed by atoms with E-state index in [1.54, 1.807) is 12.4 Å². The zero-order valence-electron chi connectivity index (χ0n) is 10.5. The number of nitrogens with one attached hydrogen (secondary N) is 2. The summed E-state index contributed by atoms with van der Waals surface area (Å²) in [5, 5.41) is 17.0. The zero-order chi connectivity index (χ0) is 12.8. The van der Waals surface area contributed by atoms with E-state index in [1.165, 1.54) is 0 Å². The van der Waals surface area contributed by atoms with Gasteiger partial charge in [-0.15, -0.1) is 10.2 Å². The molecule has 2 aromatic rings. The Labute approximate surface area is 105 Å². The Morgan fingerprint density at radius 2 is 2.11 bits per heavy atom. The molecular weight excluding hydrogens is 232 g/mol. The van der Waals surface area contributed by atoms with Crippen LogP contribution in [0.15, 0.2) is 12.4 Å². The molecule has 8 heteroatoms. The van der Waals surface area contributed by atoms with Gasteiger partial charge in [-0.1, -0.05) is 5.21 Å². The summed E-state index contributed by atoms with van der Waals surface area (Å²) in [5.41, 5.74) is 0. The highest BCUT2D eigenvalue weighted by atomic mass is 15.5. The van der Waals surface area contributed by atoms with Crippen molar-refractivity contribution >= 4 is 11.6 Å². The van der Waals surface area contributed by atoms with Crippen molar-refractivity contribution in [2.24, 2.45) is 0 Å². The molecule has 0 aliphatic rings. The number of aryl methyl sites for hydroxylation is 1. The fourth-order valence-corrected chi connectivity index (χ4v) is 1.52. The van der Waals surface area contributed by atoms with E-state index >= 15 is 0 Å². The van der Waals surface area contributed by atoms with Crippen LogP contribution in [0, 0.1) is 0 Å². The number of H-pyrrole nitrogens is 1. The van der Waals surface area contributed by atoms with Gasteiger partial charge in [0, 0.05) is 39.5 Å². The Bertz CT molecular complexity index is 466. The van der Waals surface area contributed by atoms with E-state index in [9.17, 15) is 0 Å². The first-order valence-corrected chi connectivity index (χ1v) is 5.72. The van der Waals surface area contributed by atoms with Gasteiger partial charge in [-0.2, -0.15) is 5.21 Å². The maximum atomic E-state index is 4.27. The molecule has 0 aliphatic carbocycles. The smallest absolute Gasteiger partial charge is 0.174 e. The standard InChI is InChI=1S/C10H16N8/c1-18(2)10-9(12-6-7-13-10)11-5-3-4-8-14-16-17-15-8/h6-7H,3-5H2,1-2H3,(H,11,12)(H,14,15,16,17). The van der Waals surface area contributed by atoms with Crippen molar-refractivity contribution in [3.05, 3.63) is 18.2 Å². The lowest BCUT2D eigenvalue weighted by atomic mass is 10.3. The van der Waals surface area contributed by atoms with Crippen LogP contribution in [0.4, 0.5) is 11.6 Å². The third-order valence-electron chi connectivity index (χ3n) is 2.36. The maximum Gasteiger partial charge on any atom is 0.174 e. The van der Waals surface area contributed by atoms with Gasteiger partial charge in [-0.3, -0.25) is 0 Å². The van der Waals surface area contributed by atoms with Crippen LogP contribution >= 0.6 is 0 Å². The van der Waals surface area contributed by atoms with E-state index in [4.69, 9.17) is 0 Å². The molecule has 0 fully saturated rings. The molecule has 0 unspecified atom stereocenters. The topological polar surface area (TPSA) is 95.5 Å². The maximum absolute atomic E-state index is 4.27. The number of hydrogen-bond acceptors (Lipinski definition) is 7. The molecule has 2 aromatic heterocycles. The number of aromatic nitrogens is 6. The largest absolute Gasteiger partial charge is 0.367 e. The Kier molecular flexibility index (Phi) is 4.00. The third-order valence-corrected chi connectivity index (χ3v) is 2.36. The Balaban J connectivity index is 1.83. The van der Waals surface area contributed by atoms with Crippen LogP contribution < -0.4 is 10.2 Å². The van der Waals surface area contributed by atoms with Gasteiger partial charge in [0.25, 0.3) is 0 Å². The molecule has 2 N–H and O–H groups in total. The van der Waals surface area contributed by atoms with Crippen molar-refractivity contribution in [1.82, 2.24) is 30.6 Å². The van der Waals surface area contributed by atoms with Crippen LogP contribution in [0.5, 0.6) is 0 Å². The third kappa shape index (κ3) is 3.12. The second-order valence-corrected chi connectivity index (χ2v) is 3.98. The molecule has 0 bridgehead atoms. The monoisotopic (exact) mass is 248 g/mol. The molecule has 0 aliphatic heterocycles. The molecular formula is C10H16N8. The van der Waals surface area contributed by atoms with Crippen LogP contribution in [0.3, 0.4) is 0 Å². The number of rotatable bonds is 6. The van der Waals surface area contributed by atoms with Crippen LogP contribution in [0.25, 0.3) is 0 Å². The van der Waals surface area contributed by atoms with Gasteiger partial charge in [0.05, 0.1) is 0 Å². The van der Waals surface area contributed by atoms with Gasteiger partial charge in [0.15, 0.2) is 17.5 Å². The molecule has 0 saturated carbocycles. The first-order valence-electron chi connectivity index (χ1n) is 5.72. The fourth-order valence-electron chi connectivity index (χ4n) is 1.52. The van der Waals surface area contributed by atoms with E-state index in [0.29, 0.717) is 0 Å². The van der Waals surface area contributed by atoms with Crippen LogP contribution in [0.1, 0.15) is 12.2 Å². The first kappa shape index (κ1) is 12.2. The lowest BCUT2D eigenvalue weighted by molar-refractivity contribution is 0.801. The number of nitrogens with zero attached hydrogens (tertiary/aromatic N) is 6. The van der Waals surface area contributed by atoms with Crippen molar-refractivity contribution in [1.29, 1.82) is 0 Å². The average Bonchev–Trinajstić information content (AvgIpc) is 2.88. The molecule has 2 heterocycles. The lowest BCUT2D eigenvalue weighted by Crippen LogP contribution is -2.15.